The fraction of sp³-hybridized carbons (Fsp3) is 0.400. The molecule has 3 heteroatoms. The van der Waals surface area contributed by atoms with Gasteiger partial charge in [-0.2, -0.15) is 0 Å². The molecule has 0 unspecified atom stereocenters. The van der Waals surface area contributed by atoms with E-state index in [0.717, 1.165) is 25.4 Å². The molecule has 0 saturated carbocycles. The van der Waals surface area contributed by atoms with Crippen LogP contribution in [0.5, 0.6) is 5.75 Å². The Morgan fingerprint density at radius 2 is 1.70 bits per heavy atom. The van der Waals surface area contributed by atoms with E-state index in [0.29, 0.717) is 0 Å². The molecule has 3 rings (SSSR count). The molecule has 1 aliphatic heterocycles. The molecule has 1 saturated heterocycles. The lowest BCUT2D eigenvalue weighted by molar-refractivity contribution is -0.914. The van der Waals surface area contributed by atoms with E-state index in [2.05, 4.69) is 61.2 Å². The van der Waals surface area contributed by atoms with Gasteiger partial charge >= 0.3 is 0 Å². The Morgan fingerprint density at radius 3 is 2.35 bits per heavy atom. The first kappa shape index (κ1) is 15.9. The molecule has 0 aliphatic carbocycles. The number of hydrogen-bond donors (Lipinski definition) is 1. The highest BCUT2D eigenvalue weighted by Gasteiger charge is 2.21. The van der Waals surface area contributed by atoms with Crippen LogP contribution in [0.1, 0.15) is 16.7 Å². The summed E-state index contributed by atoms with van der Waals surface area (Å²) in [5.74, 6) is 0.934. The molecule has 0 atom stereocenters. The molecular formula is C20H27N2O+. The van der Waals surface area contributed by atoms with E-state index in [9.17, 15) is 0 Å². The van der Waals surface area contributed by atoms with Crippen LogP contribution in [-0.2, 0) is 6.54 Å². The van der Waals surface area contributed by atoms with Crippen LogP contribution in [0.25, 0.3) is 0 Å². The van der Waals surface area contributed by atoms with Crippen molar-refractivity contribution in [3.8, 4) is 5.75 Å². The van der Waals surface area contributed by atoms with Crippen molar-refractivity contribution >= 4 is 5.69 Å². The quantitative estimate of drug-likeness (QED) is 0.932. The number of hydrogen-bond acceptors (Lipinski definition) is 2. The molecule has 0 spiro atoms. The van der Waals surface area contributed by atoms with Crippen LogP contribution in [0.4, 0.5) is 5.69 Å². The molecular weight excluding hydrogens is 284 g/mol. The summed E-state index contributed by atoms with van der Waals surface area (Å²) in [6.07, 6.45) is 0. The van der Waals surface area contributed by atoms with Gasteiger partial charge in [-0.3, -0.25) is 0 Å². The van der Waals surface area contributed by atoms with Crippen molar-refractivity contribution in [2.45, 2.75) is 20.4 Å². The number of methoxy groups -OCH3 is 1. The zero-order chi connectivity index (χ0) is 16.2. The Morgan fingerprint density at radius 1 is 1.00 bits per heavy atom. The second-order valence-corrected chi connectivity index (χ2v) is 6.55. The molecule has 23 heavy (non-hydrogen) atoms. The fourth-order valence-corrected chi connectivity index (χ4v) is 3.33. The third-order valence-corrected chi connectivity index (χ3v) is 4.79. The van der Waals surface area contributed by atoms with Crippen molar-refractivity contribution in [2.24, 2.45) is 0 Å². The van der Waals surface area contributed by atoms with E-state index in [1.165, 1.54) is 35.5 Å². The Labute approximate surface area is 139 Å². The highest BCUT2D eigenvalue weighted by Crippen LogP contribution is 2.21. The minimum absolute atomic E-state index is 0.934. The highest BCUT2D eigenvalue weighted by molar-refractivity contribution is 5.55. The van der Waals surface area contributed by atoms with Gasteiger partial charge in [0, 0.05) is 11.3 Å². The second kappa shape index (κ2) is 7.05. The first-order valence-electron chi connectivity index (χ1n) is 8.44. The molecule has 0 amide bonds. The summed E-state index contributed by atoms with van der Waals surface area (Å²) in [5, 5.41) is 0. The van der Waals surface area contributed by atoms with E-state index in [1.807, 2.05) is 0 Å². The van der Waals surface area contributed by atoms with E-state index in [4.69, 9.17) is 4.74 Å². The number of ether oxygens (including phenoxy) is 1. The molecule has 1 N–H and O–H groups in total. The Kier molecular flexibility index (Phi) is 4.87. The summed E-state index contributed by atoms with van der Waals surface area (Å²) in [4.78, 5) is 4.21. The van der Waals surface area contributed by atoms with Crippen molar-refractivity contribution in [1.82, 2.24) is 0 Å². The summed E-state index contributed by atoms with van der Waals surface area (Å²) >= 11 is 0. The molecule has 1 heterocycles. The molecule has 0 bridgehead atoms. The van der Waals surface area contributed by atoms with Crippen molar-refractivity contribution in [1.29, 1.82) is 0 Å². The Hall–Kier alpha value is -2.00. The van der Waals surface area contributed by atoms with Gasteiger partial charge in [0.05, 0.1) is 33.3 Å². The average Bonchev–Trinajstić information content (AvgIpc) is 2.58. The van der Waals surface area contributed by atoms with Gasteiger partial charge in [0.25, 0.3) is 0 Å². The number of piperazine rings is 1. The molecule has 0 aromatic heterocycles. The normalized spacial score (nSPS) is 15.7. The van der Waals surface area contributed by atoms with Crippen molar-refractivity contribution in [3.05, 3.63) is 59.2 Å². The van der Waals surface area contributed by atoms with Crippen LogP contribution < -0.4 is 14.5 Å². The minimum atomic E-state index is 0.934. The smallest absolute Gasteiger partial charge is 0.118 e. The number of anilines is 1. The topological polar surface area (TPSA) is 16.9 Å². The first-order chi connectivity index (χ1) is 11.2. The number of nitrogens with one attached hydrogen (secondary N) is 1. The maximum absolute atomic E-state index is 5.23. The standard InChI is InChI=1S/C20H26N2O/c1-16-4-5-17(2)20(14-16)22-12-10-21(11-13-22)15-18-6-8-19(23-3)9-7-18/h4-9,14H,10-13,15H2,1-3H3/p+1. The summed E-state index contributed by atoms with van der Waals surface area (Å²) < 4.78 is 5.23. The lowest BCUT2D eigenvalue weighted by Gasteiger charge is -2.34. The van der Waals surface area contributed by atoms with E-state index in [1.54, 1.807) is 12.0 Å². The first-order valence-corrected chi connectivity index (χ1v) is 8.44. The summed E-state index contributed by atoms with van der Waals surface area (Å²) in [6.45, 7) is 10.1. The van der Waals surface area contributed by atoms with Crippen LogP contribution in [0, 0.1) is 13.8 Å². The van der Waals surface area contributed by atoms with Gasteiger partial charge in [0.2, 0.25) is 0 Å². The highest BCUT2D eigenvalue weighted by atomic mass is 16.5. The predicted octanol–water partition coefficient (Wildman–Crippen LogP) is 2.22. The van der Waals surface area contributed by atoms with E-state index < -0.39 is 0 Å². The van der Waals surface area contributed by atoms with Gasteiger partial charge < -0.3 is 14.5 Å². The van der Waals surface area contributed by atoms with Crippen LogP contribution in [-0.4, -0.2) is 33.3 Å². The molecule has 1 aliphatic rings. The van der Waals surface area contributed by atoms with E-state index in [-0.39, 0.29) is 0 Å². The van der Waals surface area contributed by atoms with Crippen molar-refractivity contribution in [2.75, 3.05) is 38.2 Å². The monoisotopic (exact) mass is 311 g/mol. The van der Waals surface area contributed by atoms with Crippen LogP contribution in [0.2, 0.25) is 0 Å². The third-order valence-electron chi connectivity index (χ3n) is 4.79. The zero-order valence-electron chi connectivity index (χ0n) is 14.4. The van der Waals surface area contributed by atoms with Gasteiger partial charge in [-0.15, -0.1) is 0 Å². The molecule has 2 aromatic carbocycles. The molecule has 2 aromatic rings. The molecule has 3 nitrogen and oxygen atoms in total. The van der Waals surface area contributed by atoms with Gasteiger partial charge in [0.1, 0.15) is 12.3 Å². The number of aryl methyl sites for hydroxylation is 2. The maximum Gasteiger partial charge on any atom is 0.118 e. The molecule has 1 fully saturated rings. The number of nitrogens with zero attached hydrogens (tertiary/aromatic N) is 1. The maximum atomic E-state index is 5.23. The van der Waals surface area contributed by atoms with Gasteiger partial charge in [0.15, 0.2) is 0 Å². The van der Waals surface area contributed by atoms with Gasteiger partial charge in [-0.1, -0.05) is 12.1 Å². The Bertz CT molecular complexity index is 643. The van der Waals surface area contributed by atoms with Crippen molar-refractivity contribution in [3.63, 3.8) is 0 Å². The summed E-state index contributed by atoms with van der Waals surface area (Å²) in [7, 11) is 1.72. The Balaban J connectivity index is 1.58. The molecule has 0 radical (unpaired) electrons. The summed E-state index contributed by atoms with van der Waals surface area (Å²) in [6, 6.07) is 15.2. The summed E-state index contributed by atoms with van der Waals surface area (Å²) in [5.41, 5.74) is 5.53. The SMILES string of the molecule is COc1ccc(C[NH+]2CCN(c3cc(C)ccc3C)CC2)cc1. The molecule has 122 valence electrons. The van der Waals surface area contributed by atoms with Crippen LogP contribution in [0.15, 0.2) is 42.5 Å². The van der Waals surface area contributed by atoms with Crippen LogP contribution >= 0.6 is 0 Å². The van der Waals surface area contributed by atoms with Crippen molar-refractivity contribution < 1.29 is 9.64 Å². The van der Waals surface area contributed by atoms with Crippen LogP contribution in [0.3, 0.4) is 0 Å². The average molecular weight is 311 g/mol. The second-order valence-electron chi connectivity index (χ2n) is 6.55. The lowest BCUT2D eigenvalue weighted by atomic mass is 10.1. The zero-order valence-corrected chi connectivity index (χ0v) is 14.4. The minimum Gasteiger partial charge on any atom is -0.497 e. The number of quaternary nitrogens is 1. The largest absolute Gasteiger partial charge is 0.497 e. The fourth-order valence-electron chi connectivity index (χ4n) is 3.33. The van der Waals surface area contributed by atoms with Gasteiger partial charge in [-0.05, 0) is 55.3 Å². The lowest BCUT2D eigenvalue weighted by Crippen LogP contribution is -3.13. The number of rotatable bonds is 4. The van der Waals surface area contributed by atoms with E-state index >= 15 is 0 Å². The van der Waals surface area contributed by atoms with Gasteiger partial charge in [-0.25, -0.2) is 0 Å². The third kappa shape index (κ3) is 3.85. The number of benzene rings is 2. The predicted molar refractivity (Wildman–Crippen MR) is 95.5 cm³/mol.